The first kappa shape index (κ1) is 12.2. The monoisotopic (exact) mass is 255 g/mol. The van der Waals surface area contributed by atoms with Crippen LogP contribution >= 0.6 is 0 Å². The van der Waals surface area contributed by atoms with Crippen LogP contribution in [0.3, 0.4) is 0 Å². The molecule has 0 aliphatic carbocycles. The van der Waals surface area contributed by atoms with Gasteiger partial charge in [-0.05, 0) is 12.1 Å². The number of hydrogen-bond donors (Lipinski definition) is 1. The van der Waals surface area contributed by atoms with Gasteiger partial charge in [0.1, 0.15) is 5.75 Å². The van der Waals surface area contributed by atoms with Crippen molar-refractivity contribution < 1.29 is 17.9 Å². The molecule has 0 fully saturated rings. The number of nitrogens with two attached hydrogens (primary N) is 1. The Bertz CT molecular complexity index is 540. The second kappa shape index (κ2) is 4.52. The lowest BCUT2D eigenvalue weighted by Crippen LogP contribution is -2.17. The van der Waals surface area contributed by atoms with Crippen molar-refractivity contribution in [1.29, 1.82) is 0 Å². The van der Waals surface area contributed by atoms with Gasteiger partial charge in [0.15, 0.2) is 5.82 Å². The van der Waals surface area contributed by atoms with Gasteiger partial charge in [-0.1, -0.05) is 12.1 Å². The third kappa shape index (κ3) is 2.88. The lowest BCUT2D eigenvalue weighted by Gasteiger charge is -2.12. The second-order valence-electron chi connectivity index (χ2n) is 3.38. The molecule has 2 aromatic rings. The summed E-state index contributed by atoms with van der Waals surface area (Å²) in [4.78, 5) is 7.71. The Morgan fingerprint density at radius 1 is 1.06 bits per heavy atom. The van der Waals surface area contributed by atoms with Gasteiger partial charge in [0.2, 0.25) is 0 Å². The lowest BCUT2D eigenvalue weighted by molar-refractivity contribution is -0.274. The van der Waals surface area contributed by atoms with Gasteiger partial charge < -0.3 is 10.5 Å². The summed E-state index contributed by atoms with van der Waals surface area (Å²) in [6.45, 7) is 0. The van der Waals surface area contributed by atoms with Crippen LogP contribution in [0.4, 0.5) is 18.9 Å². The van der Waals surface area contributed by atoms with Gasteiger partial charge in [-0.15, -0.1) is 13.2 Å². The number of anilines is 1. The van der Waals surface area contributed by atoms with Crippen molar-refractivity contribution in [2.24, 2.45) is 0 Å². The normalized spacial score (nSPS) is 11.3. The Morgan fingerprint density at radius 2 is 1.67 bits per heavy atom. The maximum atomic E-state index is 12.2. The van der Waals surface area contributed by atoms with E-state index in [2.05, 4.69) is 14.7 Å². The molecule has 2 rings (SSSR count). The fourth-order valence-corrected chi connectivity index (χ4v) is 1.34. The molecule has 18 heavy (non-hydrogen) atoms. The molecule has 1 heterocycles. The van der Waals surface area contributed by atoms with Crippen LogP contribution in [0.5, 0.6) is 5.75 Å². The Labute approximate surface area is 100 Å². The number of alkyl halides is 3. The topological polar surface area (TPSA) is 61.0 Å². The van der Waals surface area contributed by atoms with Crippen LogP contribution < -0.4 is 10.5 Å². The molecule has 0 saturated heterocycles. The summed E-state index contributed by atoms with van der Waals surface area (Å²) in [6, 6.07) is 5.63. The zero-order valence-corrected chi connectivity index (χ0v) is 8.98. The predicted octanol–water partition coefficient (Wildman–Crippen LogP) is 2.62. The maximum Gasteiger partial charge on any atom is 0.573 e. The predicted molar refractivity (Wildman–Crippen MR) is 58.6 cm³/mol. The summed E-state index contributed by atoms with van der Waals surface area (Å²) >= 11 is 0. The molecule has 7 heteroatoms. The summed E-state index contributed by atoms with van der Waals surface area (Å²) in [5.41, 5.74) is 5.88. The molecular weight excluding hydrogens is 247 g/mol. The van der Waals surface area contributed by atoms with Gasteiger partial charge in [-0.2, -0.15) is 0 Å². The van der Waals surface area contributed by atoms with E-state index in [9.17, 15) is 13.2 Å². The quantitative estimate of drug-likeness (QED) is 0.896. The number of halogens is 3. The van der Waals surface area contributed by atoms with Gasteiger partial charge in [-0.25, -0.2) is 9.97 Å². The Morgan fingerprint density at radius 3 is 2.28 bits per heavy atom. The third-order valence-electron chi connectivity index (χ3n) is 2.03. The Balaban J connectivity index is 2.41. The van der Waals surface area contributed by atoms with E-state index in [0.29, 0.717) is 5.69 Å². The van der Waals surface area contributed by atoms with E-state index < -0.39 is 6.36 Å². The SMILES string of the molecule is Nc1cnc(-c2ccccc2OC(F)(F)F)nc1. The van der Waals surface area contributed by atoms with Crippen LogP contribution in [0.15, 0.2) is 36.7 Å². The molecule has 0 amide bonds. The summed E-state index contributed by atoms with van der Waals surface area (Å²) in [5, 5.41) is 0. The van der Waals surface area contributed by atoms with Crippen molar-refractivity contribution in [3.8, 4) is 17.1 Å². The average Bonchev–Trinajstić information content (AvgIpc) is 2.29. The number of hydrogen-bond acceptors (Lipinski definition) is 4. The van der Waals surface area contributed by atoms with Gasteiger partial charge >= 0.3 is 6.36 Å². The molecule has 0 aliphatic rings. The van der Waals surface area contributed by atoms with Crippen LogP contribution in [0.1, 0.15) is 0 Å². The van der Waals surface area contributed by atoms with E-state index in [-0.39, 0.29) is 17.1 Å². The zero-order chi connectivity index (χ0) is 13.2. The number of rotatable bonds is 2. The summed E-state index contributed by atoms with van der Waals surface area (Å²) in [6.07, 6.45) is -2.14. The van der Waals surface area contributed by atoms with Gasteiger partial charge in [-0.3, -0.25) is 0 Å². The molecule has 94 valence electrons. The number of benzene rings is 1. The molecule has 0 saturated carbocycles. The van der Waals surface area contributed by atoms with E-state index in [0.717, 1.165) is 0 Å². The van der Waals surface area contributed by atoms with Crippen molar-refractivity contribution in [3.63, 3.8) is 0 Å². The number of nitrogen functional groups attached to an aromatic ring is 1. The largest absolute Gasteiger partial charge is 0.573 e. The lowest BCUT2D eigenvalue weighted by atomic mass is 10.2. The van der Waals surface area contributed by atoms with E-state index >= 15 is 0 Å². The minimum Gasteiger partial charge on any atom is -0.405 e. The fourth-order valence-electron chi connectivity index (χ4n) is 1.34. The van der Waals surface area contributed by atoms with E-state index in [1.165, 1.54) is 30.6 Å². The highest BCUT2D eigenvalue weighted by molar-refractivity contribution is 5.64. The number of para-hydroxylation sites is 1. The molecule has 1 aromatic carbocycles. The van der Waals surface area contributed by atoms with Crippen LogP contribution in [0.25, 0.3) is 11.4 Å². The molecule has 4 nitrogen and oxygen atoms in total. The van der Waals surface area contributed by atoms with Gasteiger partial charge in [0.05, 0.1) is 23.6 Å². The van der Waals surface area contributed by atoms with Crippen molar-refractivity contribution in [3.05, 3.63) is 36.7 Å². The third-order valence-corrected chi connectivity index (χ3v) is 2.03. The minimum absolute atomic E-state index is 0.115. The molecule has 1 aromatic heterocycles. The molecule has 0 radical (unpaired) electrons. The molecule has 0 unspecified atom stereocenters. The maximum absolute atomic E-state index is 12.2. The van der Waals surface area contributed by atoms with Gasteiger partial charge in [0.25, 0.3) is 0 Å². The van der Waals surface area contributed by atoms with Crippen molar-refractivity contribution in [2.45, 2.75) is 6.36 Å². The first-order valence-corrected chi connectivity index (χ1v) is 4.88. The van der Waals surface area contributed by atoms with E-state index in [4.69, 9.17) is 5.73 Å². The smallest absolute Gasteiger partial charge is 0.405 e. The van der Waals surface area contributed by atoms with E-state index in [1.807, 2.05) is 0 Å². The number of nitrogens with zero attached hydrogens (tertiary/aromatic N) is 2. The number of ether oxygens (including phenoxy) is 1. The van der Waals surface area contributed by atoms with Crippen molar-refractivity contribution >= 4 is 5.69 Å². The highest BCUT2D eigenvalue weighted by atomic mass is 19.4. The molecule has 0 bridgehead atoms. The van der Waals surface area contributed by atoms with Crippen LogP contribution in [-0.4, -0.2) is 16.3 Å². The summed E-state index contributed by atoms with van der Waals surface area (Å²) in [7, 11) is 0. The molecule has 0 atom stereocenters. The zero-order valence-electron chi connectivity index (χ0n) is 8.98. The molecule has 0 aliphatic heterocycles. The van der Waals surface area contributed by atoms with Crippen molar-refractivity contribution in [1.82, 2.24) is 9.97 Å². The average molecular weight is 255 g/mol. The standard InChI is InChI=1S/C11H8F3N3O/c12-11(13,14)18-9-4-2-1-3-8(9)10-16-5-7(15)6-17-10/h1-6H,15H2. The number of aromatic nitrogens is 2. The van der Waals surface area contributed by atoms with E-state index in [1.54, 1.807) is 6.07 Å². The van der Waals surface area contributed by atoms with Crippen LogP contribution in [0.2, 0.25) is 0 Å². The Kier molecular flexibility index (Phi) is 3.05. The molecular formula is C11H8F3N3O. The summed E-state index contributed by atoms with van der Waals surface area (Å²) in [5.74, 6) is -0.237. The fraction of sp³-hybridized carbons (Fsp3) is 0.0909. The first-order chi connectivity index (χ1) is 8.46. The molecule has 0 spiro atoms. The van der Waals surface area contributed by atoms with Crippen LogP contribution in [0, 0.1) is 0 Å². The van der Waals surface area contributed by atoms with Crippen molar-refractivity contribution in [2.75, 3.05) is 5.73 Å². The minimum atomic E-state index is -4.76. The Hall–Kier alpha value is -2.31. The highest BCUT2D eigenvalue weighted by Crippen LogP contribution is 2.31. The second-order valence-corrected chi connectivity index (χ2v) is 3.38. The van der Waals surface area contributed by atoms with Gasteiger partial charge in [0, 0.05) is 0 Å². The highest BCUT2D eigenvalue weighted by Gasteiger charge is 2.32. The molecule has 2 N–H and O–H groups in total. The first-order valence-electron chi connectivity index (χ1n) is 4.88. The summed E-state index contributed by atoms with van der Waals surface area (Å²) < 4.78 is 40.6. The van der Waals surface area contributed by atoms with Crippen LogP contribution in [-0.2, 0) is 0 Å².